The van der Waals surface area contributed by atoms with Crippen molar-refractivity contribution in [3.05, 3.63) is 71.5 Å². The highest BCUT2D eigenvalue weighted by atomic mass is 35.5. The van der Waals surface area contributed by atoms with E-state index in [4.69, 9.17) is 11.6 Å². The lowest BCUT2D eigenvalue weighted by Crippen LogP contribution is -2.26. The van der Waals surface area contributed by atoms with Gasteiger partial charge in [-0.15, -0.1) is 0 Å². The Morgan fingerprint density at radius 2 is 2.04 bits per heavy atom. The van der Waals surface area contributed by atoms with Crippen molar-refractivity contribution >= 4 is 39.3 Å². The lowest BCUT2D eigenvalue weighted by atomic mass is 10.1. The van der Waals surface area contributed by atoms with E-state index in [1.54, 1.807) is 0 Å². The summed E-state index contributed by atoms with van der Waals surface area (Å²) in [5.74, 6) is 0.0636. The van der Waals surface area contributed by atoms with Crippen LogP contribution in [0.4, 0.5) is 0 Å². The molecular formula is C21H20ClN3O. The molecule has 2 aromatic carbocycles. The van der Waals surface area contributed by atoms with Crippen molar-refractivity contribution in [1.29, 1.82) is 0 Å². The number of amides is 1. The van der Waals surface area contributed by atoms with Crippen molar-refractivity contribution in [2.45, 2.75) is 19.4 Å². The fourth-order valence-electron chi connectivity index (χ4n) is 3.34. The van der Waals surface area contributed by atoms with Crippen molar-refractivity contribution in [2.75, 3.05) is 6.54 Å². The predicted octanol–water partition coefficient (Wildman–Crippen LogP) is 4.53. The van der Waals surface area contributed by atoms with Crippen LogP contribution < -0.4 is 5.32 Å². The summed E-state index contributed by atoms with van der Waals surface area (Å²) in [5.41, 5.74) is 3.42. The number of aromatic nitrogens is 2. The number of fused-ring (bicyclic) bond motifs is 2. The molecule has 1 amide bonds. The number of benzene rings is 2. The second-order valence-electron chi connectivity index (χ2n) is 6.42. The van der Waals surface area contributed by atoms with Crippen LogP contribution in [0.25, 0.3) is 21.8 Å². The number of hydrogen-bond acceptors (Lipinski definition) is 1. The van der Waals surface area contributed by atoms with E-state index >= 15 is 0 Å². The Morgan fingerprint density at radius 3 is 2.96 bits per heavy atom. The molecule has 0 fully saturated rings. The van der Waals surface area contributed by atoms with Gasteiger partial charge in [0.2, 0.25) is 5.91 Å². The van der Waals surface area contributed by atoms with E-state index in [-0.39, 0.29) is 5.91 Å². The lowest BCUT2D eigenvalue weighted by Gasteiger charge is -2.07. The number of H-pyrrole nitrogens is 1. The first kappa shape index (κ1) is 16.7. The third kappa shape index (κ3) is 3.46. The minimum atomic E-state index is 0.0636. The Balaban J connectivity index is 1.31. The van der Waals surface area contributed by atoms with Crippen LogP contribution in [0.15, 0.2) is 60.9 Å². The van der Waals surface area contributed by atoms with Crippen molar-refractivity contribution in [3.8, 4) is 0 Å². The number of aryl methyl sites for hydroxylation is 1. The molecule has 0 aliphatic carbocycles. The molecular weight excluding hydrogens is 346 g/mol. The molecule has 0 saturated carbocycles. The van der Waals surface area contributed by atoms with E-state index < -0.39 is 0 Å². The Morgan fingerprint density at radius 1 is 1.15 bits per heavy atom. The lowest BCUT2D eigenvalue weighted by molar-refractivity contribution is -0.121. The van der Waals surface area contributed by atoms with Gasteiger partial charge >= 0.3 is 0 Å². The largest absolute Gasteiger partial charge is 0.361 e. The average Bonchev–Trinajstić information content (AvgIpc) is 3.24. The fraction of sp³-hybridized carbons (Fsp3) is 0.190. The van der Waals surface area contributed by atoms with Gasteiger partial charge in [0.1, 0.15) is 0 Å². The summed E-state index contributed by atoms with van der Waals surface area (Å²) in [7, 11) is 0. The molecule has 0 spiro atoms. The number of carbonyl (C=O) groups excluding carboxylic acids is 1. The summed E-state index contributed by atoms with van der Waals surface area (Å²) in [6.07, 6.45) is 5.29. The number of carbonyl (C=O) groups is 1. The Kier molecular flexibility index (Phi) is 4.67. The van der Waals surface area contributed by atoms with Crippen LogP contribution in [0.2, 0.25) is 5.02 Å². The van der Waals surface area contributed by atoms with Gasteiger partial charge in [0.15, 0.2) is 0 Å². The molecule has 132 valence electrons. The van der Waals surface area contributed by atoms with E-state index in [1.165, 1.54) is 10.9 Å². The quantitative estimate of drug-likeness (QED) is 0.518. The van der Waals surface area contributed by atoms with Gasteiger partial charge in [-0.2, -0.15) is 0 Å². The standard InChI is InChI=1S/C21H20ClN3O/c22-17-6-5-15-8-11-25(20(15)13-17)12-9-21(26)23-10-7-16-14-24-19-4-2-1-3-18(16)19/h1-6,8,11,13-14,24H,7,9-10,12H2,(H,23,26). The van der Waals surface area contributed by atoms with E-state index in [9.17, 15) is 4.79 Å². The Labute approximate surface area is 156 Å². The molecule has 0 bridgehead atoms. The summed E-state index contributed by atoms with van der Waals surface area (Å²) in [6.45, 7) is 1.28. The molecule has 0 unspecified atom stereocenters. The van der Waals surface area contributed by atoms with Gasteiger partial charge in [-0.3, -0.25) is 4.79 Å². The molecule has 0 atom stereocenters. The molecule has 4 aromatic rings. The summed E-state index contributed by atoms with van der Waals surface area (Å²) in [6, 6.07) is 16.1. The molecule has 26 heavy (non-hydrogen) atoms. The first-order chi connectivity index (χ1) is 12.7. The van der Waals surface area contributed by atoms with E-state index in [1.807, 2.05) is 48.8 Å². The van der Waals surface area contributed by atoms with Gasteiger partial charge in [-0.05, 0) is 41.6 Å². The van der Waals surface area contributed by atoms with Crippen LogP contribution in [0.5, 0.6) is 0 Å². The highest BCUT2D eigenvalue weighted by Crippen LogP contribution is 2.21. The number of nitrogens with zero attached hydrogens (tertiary/aromatic N) is 1. The average molecular weight is 366 g/mol. The molecule has 5 heteroatoms. The molecule has 0 aliphatic rings. The maximum absolute atomic E-state index is 12.2. The van der Waals surface area contributed by atoms with Crippen LogP contribution in [-0.2, 0) is 17.8 Å². The summed E-state index contributed by atoms with van der Waals surface area (Å²) >= 11 is 6.07. The number of aromatic amines is 1. The summed E-state index contributed by atoms with van der Waals surface area (Å²) in [4.78, 5) is 15.4. The van der Waals surface area contributed by atoms with E-state index in [2.05, 4.69) is 27.0 Å². The smallest absolute Gasteiger partial charge is 0.221 e. The molecule has 2 aromatic heterocycles. The normalized spacial score (nSPS) is 11.3. The second-order valence-corrected chi connectivity index (χ2v) is 6.86. The first-order valence-corrected chi connectivity index (χ1v) is 9.14. The van der Waals surface area contributed by atoms with Gasteiger partial charge in [-0.25, -0.2) is 0 Å². The second kappa shape index (κ2) is 7.26. The maximum atomic E-state index is 12.2. The third-order valence-corrected chi connectivity index (χ3v) is 4.94. The van der Waals surface area contributed by atoms with Crippen molar-refractivity contribution in [3.63, 3.8) is 0 Å². The van der Waals surface area contributed by atoms with Crippen molar-refractivity contribution in [2.24, 2.45) is 0 Å². The molecule has 0 saturated heterocycles. The van der Waals surface area contributed by atoms with Crippen LogP contribution >= 0.6 is 11.6 Å². The zero-order valence-electron chi connectivity index (χ0n) is 14.3. The number of halogens is 1. The zero-order chi connectivity index (χ0) is 17.9. The van der Waals surface area contributed by atoms with Gasteiger partial charge in [-0.1, -0.05) is 35.9 Å². The van der Waals surface area contributed by atoms with Gasteiger partial charge in [0, 0.05) is 53.3 Å². The zero-order valence-corrected chi connectivity index (χ0v) is 15.1. The van der Waals surface area contributed by atoms with Crippen LogP contribution in [0.3, 0.4) is 0 Å². The SMILES string of the molecule is O=C(CCn1ccc2ccc(Cl)cc21)NCCc1c[nH]c2ccccc12. The van der Waals surface area contributed by atoms with Crippen LogP contribution in [0, 0.1) is 0 Å². The van der Waals surface area contributed by atoms with Gasteiger partial charge in [0.05, 0.1) is 0 Å². The van der Waals surface area contributed by atoms with Crippen LogP contribution in [-0.4, -0.2) is 22.0 Å². The Hall–Kier alpha value is -2.72. The molecule has 0 radical (unpaired) electrons. The van der Waals surface area contributed by atoms with Gasteiger partial charge in [0.25, 0.3) is 0 Å². The minimum absolute atomic E-state index is 0.0636. The molecule has 4 rings (SSSR count). The third-order valence-electron chi connectivity index (χ3n) is 4.71. The molecule has 0 aliphatic heterocycles. The number of hydrogen-bond donors (Lipinski definition) is 2. The fourth-order valence-corrected chi connectivity index (χ4v) is 3.50. The van der Waals surface area contributed by atoms with Crippen LogP contribution in [0.1, 0.15) is 12.0 Å². The highest BCUT2D eigenvalue weighted by molar-refractivity contribution is 6.31. The minimum Gasteiger partial charge on any atom is -0.361 e. The van der Waals surface area contributed by atoms with Gasteiger partial charge < -0.3 is 14.9 Å². The maximum Gasteiger partial charge on any atom is 0.221 e. The highest BCUT2D eigenvalue weighted by Gasteiger charge is 2.07. The summed E-state index contributed by atoms with van der Waals surface area (Å²) < 4.78 is 2.07. The van der Waals surface area contributed by atoms with E-state index in [0.717, 1.165) is 22.8 Å². The first-order valence-electron chi connectivity index (χ1n) is 8.77. The Bertz CT molecular complexity index is 1060. The summed E-state index contributed by atoms with van der Waals surface area (Å²) in [5, 5.41) is 6.08. The predicted molar refractivity (Wildman–Crippen MR) is 107 cm³/mol. The van der Waals surface area contributed by atoms with E-state index in [0.29, 0.717) is 24.5 Å². The molecule has 2 N–H and O–H groups in total. The monoisotopic (exact) mass is 365 g/mol. The number of nitrogens with one attached hydrogen (secondary N) is 2. The van der Waals surface area contributed by atoms with Crippen molar-refractivity contribution < 1.29 is 4.79 Å². The number of rotatable bonds is 6. The molecule has 2 heterocycles. The van der Waals surface area contributed by atoms with Crippen molar-refractivity contribution in [1.82, 2.24) is 14.9 Å². The topological polar surface area (TPSA) is 49.8 Å². The molecule has 4 nitrogen and oxygen atoms in total. The number of para-hydroxylation sites is 1.